The van der Waals surface area contributed by atoms with E-state index in [4.69, 9.17) is 39.1 Å². The van der Waals surface area contributed by atoms with Crippen molar-refractivity contribution in [3.63, 3.8) is 0 Å². The number of benzene rings is 1. The molecule has 21 heavy (non-hydrogen) atoms. The minimum Gasteiger partial charge on any atom is -0.374 e. The lowest BCUT2D eigenvalue weighted by molar-refractivity contribution is 0.157. The highest BCUT2D eigenvalue weighted by Crippen LogP contribution is 2.32. The molecule has 1 aromatic rings. The van der Waals surface area contributed by atoms with Crippen molar-refractivity contribution in [1.82, 2.24) is 0 Å². The van der Waals surface area contributed by atoms with Crippen LogP contribution in [0.15, 0.2) is 28.9 Å². The lowest BCUT2D eigenvalue weighted by atomic mass is 10.2. The molecule has 0 unspecified atom stereocenters. The SMILES string of the molecule is N=C1/C(=C/N=C(\N)Cl)COCN1c1c(F)cc(F)cc1Cl. The van der Waals surface area contributed by atoms with Gasteiger partial charge in [-0.1, -0.05) is 11.6 Å². The largest absolute Gasteiger partial charge is 0.374 e. The molecule has 2 rings (SSSR count). The van der Waals surface area contributed by atoms with Gasteiger partial charge in [0.25, 0.3) is 0 Å². The number of nitrogens with zero attached hydrogens (tertiary/aromatic N) is 2. The first kappa shape index (κ1) is 15.7. The van der Waals surface area contributed by atoms with Crippen LogP contribution in [0, 0.1) is 17.0 Å². The van der Waals surface area contributed by atoms with E-state index < -0.39 is 11.6 Å². The smallest absolute Gasteiger partial charge is 0.193 e. The summed E-state index contributed by atoms with van der Waals surface area (Å²) >= 11 is 11.2. The Labute approximate surface area is 129 Å². The van der Waals surface area contributed by atoms with Crippen LogP contribution in [-0.4, -0.2) is 24.5 Å². The number of nitrogens with two attached hydrogens (primary N) is 1. The van der Waals surface area contributed by atoms with Crippen LogP contribution in [0.3, 0.4) is 0 Å². The number of hydrogen-bond donors (Lipinski definition) is 2. The maximum Gasteiger partial charge on any atom is 0.193 e. The van der Waals surface area contributed by atoms with Crippen LogP contribution < -0.4 is 10.6 Å². The molecule has 3 N–H and O–H groups in total. The molecule has 0 bridgehead atoms. The average Bonchev–Trinajstić information content (AvgIpc) is 2.38. The third kappa shape index (κ3) is 3.49. The van der Waals surface area contributed by atoms with Gasteiger partial charge >= 0.3 is 0 Å². The Kier molecular flexibility index (Phi) is 4.76. The maximum absolute atomic E-state index is 13.9. The predicted molar refractivity (Wildman–Crippen MR) is 78.0 cm³/mol. The van der Waals surface area contributed by atoms with Crippen LogP contribution in [0.1, 0.15) is 0 Å². The molecule has 1 heterocycles. The van der Waals surface area contributed by atoms with Crippen LogP contribution in [0.5, 0.6) is 0 Å². The number of aliphatic imine (C=N–C) groups is 1. The topological polar surface area (TPSA) is 74.7 Å². The zero-order chi connectivity index (χ0) is 15.6. The first-order chi connectivity index (χ1) is 9.90. The lowest BCUT2D eigenvalue weighted by Gasteiger charge is -2.31. The lowest BCUT2D eigenvalue weighted by Crippen LogP contribution is -2.40. The van der Waals surface area contributed by atoms with Crippen LogP contribution in [0.2, 0.25) is 5.02 Å². The molecule has 112 valence electrons. The zero-order valence-corrected chi connectivity index (χ0v) is 12.1. The van der Waals surface area contributed by atoms with Gasteiger partial charge in [-0.2, -0.15) is 0 Å². The van der Waals surface area contributed by atoms with E-state index in [1.54, 1.807) is 0 Å². The van der Waals surface area contributed by atoms with Gasteiger partial charge in [0.2, 0.25) is 0 Å². The highest BCUT2D eigenvalue weighted by atomic mass is 35.5. The van der Waals surface area contributed by atoms with Crippen molar-refractivity contribution in [2.24, 2.45) is 10.7 Å². The maximum atomic E-state index is 13.9. The van der Waals surface area contributed by atoms with Gasteiger partial charge < -0.3 is 10.5 Å². The summed E-state index contributed by atoms with van der Waals surface area (Å²) in [7, 11) is 0. The standard InChI is InChI=1S/C12H10Cl2F2N4O/c13-8-1-7(15)2-9(16)10(8)20-5-21-4-6(11(20)17)3-19-12(14)18/h1-3,17H,4-5H2,(H2,18,19)/b6-3+,17-11?. The molecule has 1 fully saturated rings. The van der Waals surface area contributed by atoms with E-state index in [0.29, 0.717) is 11.6 Å². The van der Waals surface area contributed by atoms with E-state index in [0.717, 1.165) is 11.0 Å². The molecule has 1 aromatic carbocycles. The molecule has 0 atom stereocenters. The van der Waals surface area contributed by atoms with Crippen LogP contribution in [0.25, 0.3) is 0 Å². The molecule has 9 heteroatoms. The molecule has 0 radical (unpaired) electrons. The summed E-state index contributed by atoms with van der Waals surface area (Å²) in [5.74, 6) is -1.79. The summed E-state index contributed by atoms with van der Waals surface area (Å²) in [6.45, 7) is -0.0120. The molecule has 1 aliphatic rings. The van der Waals surface area contributed by atoms with E-state index >= 15 is 0 Å². The fourth-order valence-corrected chi connectivity index (χ4v) is 2.11. The van der Waals surface area contributed by atoms with Crippen molar-refractivity contribution in [2.75, 3.05) is 18.2 Å². The Morgan fingerprint density at radius 2 is 2.19 bits per heavy atom. The van der Waals surface area contributed by atoms with E-state index in [-0.39, 0.29) is 35.2 Å². The number of anilines is 1. The van der Waals surface area contributed by atoms with Gasteiger partial charge in [0.1, 0.15) is 18.4 Å². The molecule has 5 nitrogen and oxygen atoms in total. The van der Waals surface area contributed by atoms with Crippen molar-refractivity contribution >= 4 is 40.0 Å². The second kappa shape index (κ2) is 6.38. The summed E-state index contributed by atoms with van der Waals surface area (Å²) in [5, 5.41) is 7.66. The quantitative estimate of drug-likeness (QED) is 0.496. The van der Waals surface area contributed by atoms with Gasteiger partial charge in [0.05, 0.1) is 17.3 Å². The predicted octanol–water partition coefficient (Wildman–Crippen LogP) is 2.83. The Morgan fingerprint density at radius 1 is 1.48 bits per heavy atom. The molecule has 0 aliphatic carbocycles. The number of hydrogen-bond acceptors (Lipinski definition) is 3. The summed E-state index contributed by atoms with van der Waals surface area (Å²) in [4.78, 5) is 4.81. The number of nitrogens with one attached hydrogen (secondary N) is 1. The number of ether oxygens (including phenoxy) is 1. The Bertz CT molecular complexity index is 621. The third-order valence-corrected chi connectivity index (χ3v) is 3.03. The highest BCUT2D eigenvalue weighted by Gasteiger charge is 2.26. The van der Waals surface area contributed by atoms with Crippen molar-refractivity contribution in [3.8, 4) is 0 Å². The zero-order valence-electron chi connectivity index (χ0n) is 10.5. The van der Waals surface area contributed by atoms with Gasteiger partial charge in [-0.3, -0.25) is 10.3 Å². The summed E-state index contributed by atoms with van der Waals surface area (Å²) < 4.78 is 32.2. The molecule has 1 aliphatic heterocycles. The Morgan fingerprint density at radius 3 is 2.81 bits per heavy atom. The van der Waals surface area contributed by atoms with Gasteiger partial charge in [-0.05, 0) is 17.7 Å². The Hall–Kier alpha value is -1.70. The van der Waals surface area contributed by atoms with Crippen molar-refractivity contribution in [2.45, 2.75) is 0 Å². The fraction of sp³-hybridized carbons (Fsp3) is 0.167. The molecule has 0 aromatic heterocycles. The number of halogens is 4. The normalized spacial score (nSPS) is 18.5. The fourth-order valence-electron chi connectivity index (χ4n) is 1.76. The van der Waals surface area contributed by atoms with Crippen molar-refractivity contribution < 1.29 is 13.5 Å². The molecular weight excluding hydrogens is 325 g/mol. The average molecular weight is 335 g/mol. The van der Waals surface area contributed by atoms with Crippen LogP contribution in [0.4, 0.5) is 14.5 Å². The van der Waals surface area contributed by atoms with E-state index in [1.165, 1.54) is 6.20 Å². The summed E-state index contributed by atoms with van der Waals surface area (Å²) in [6.07, 6.45) is 1.24. The first-order valence-electron chi connectivity index (χ1n) is 5.66. The first-order valence-corrected chi connectivity index (χ1v) is 6.42. The van der Waals surface area contributed by atoms with E-state index in [9.17, 15) is 8.78 Å². The number of amidine groups is 2. The molecule has 0 amide bonds. The summed E-state index contributed by atoms with van der Waals surface area (Å²) in [6, 6.07) is 1.64. The highest BCUT2D eigenvalue weighted by molar-refractivity contribution is 6.64. The molecule has 1 saturated heterocycles. The van der Waals surface area contributed by atoms with Gasteiger partial charge in [0, 0.05) is 17.8 Å². The molecule has 0 saturated carbocycles. The minimum atomic E-state index is -0.894. The van der Waals surface area contributed by atoms with Crippen molar-refractivity contribution in [1.29, 1.82) is 5.41 Å². The molecule has 0 spiro atoms. The van der Waals surface area contributed by atoms with Gasteiger partial charge in [-0.25, -0.2) is 13.8 Å². The summed E-state index contributed by atoms with van der Waals surface area (Å²) in [5.41, 5.74) is 5.37. The van der Waals surface area contributed by atoms with E-state index in [2.05, 4.69) is 4.99 Å². The van der Waals surface area contributed by atoms with E-state index in [1.807, 2.05) is 0 Å². The van der Waals surface area contributed by atoms with Gasteiger partial charge in [0.15, 0.2) is 11.1 Å². The minimum absolute atomic E-state index is 0.0867. The second-order valence-electron chi connectivity index (χ2n) is 4.08. The van der Waals surface area contributed by atoms with Crippen LogP contribution in [-0.2, 0) is 4.74 Å². The van der Waals surface area contributed by atoms with Gasteiger partial charge in [-0.15, -0.1) is 0 Å². The monoisotopic (exact) mass is 334 g/mol. The second-order valence-corrected chi connectivity index (χ2v) is 4.87. The van der Waals surface area contributed by atoms with Crippen LogP contribution >= 0.6 is 23.2 Å². The molecular formula is C12H10Cl2F2N4O. The van der Waals surface area contributed by atoms with Crippen molar-refractivity contribution in [3.05, 3.63) is 40.6 Å². The Balaban J connectivity index is 2.39. The number of rotatable bonds is 2. The third-order valence-electron chi connectivity index (χ3n) is 2.65.